The molecule has 1 fully saturated rings. The molecule has 5 rings (SSSR count). The zero-order valence-electron chi connectivity index (χ0n) is 16.6. The fourth-order valence-electron chi connectivity index (χ4n) is 3.61. The second kappa shape index (κ2) is 8.23. The van der Waals surface area contributed by atoms with Gasteiger partial charge >= 0.3 is 0 Å². The molecule has 4 heterocycles. The van der Waals surface area contributed by atoms with Crippen molar-refractivity contribution in [2.24, 2.45) is 0 Å². The highest BCUT2D eigenvalue weighted by Gasteiger charge is 2.32. The second-order valence-corrected chi connectivity index (χ2v) is 7.49. The predicted octanol–water partition coefficient (Wildman–Crippen LogP) is 2.05. The number of imidazole rings is 1. The number of nitrogens with zero attached hydrogens (tertiary/aromatic N) is 5. The van der Waals surface area contributed by atoms with Crippen LogP contribution in [0.2, 0.25) is 0 Å². The minimum absolute atomic E-state index is 0.148. The third kappa shape index (κ3) is 4.15. The van der Waals surface area contributed by atoms with Crippen molar-refractivity contribution >= 4 is 16.9 Å². The molecule has 0 spiro atoms. The molecule has 0 aliphatic carbocycles. The zero-order valence-corrected chi connectivity index (χ0v) is 16.6. The molecule has 0 bridgehead atoms. The molecule has 31 heavy (non-hydrogen) atoms. The van der Waals surface area contributed by atoms with E-state index in [2.05, 4.69) is 35.4 Å². The van der Waals surface area contributed by atoms with Gasteiger partial charge in [-0.3, -0.25) is 4.79 Å². The van der Waals surface area contributed by atoms with Gasteiger partial charge in [0, 0.05) is 32.3 Å². The van der Waals surface area contributed by atoms with Gasteiger partial charge in [0.15, 0.2) is 17.4 Å². The minimum atomic E-state index is -0.315. The summed E-state index contributed by atoms with van der Waals surface area (Å²) in [6.45, 7) is 2.65. The van der Waals surface area contributed by atoms with E-state index >= 15 is 0 Å². The summed E-state index contributed by atoms with van der Waals surface area (Å²) in [5.41, 5.74) is 2.01. The number of para-hydroxylation sites is 1. The summed E-state index contributed by atoms with van der Waals surface area (Å²) in [6, 6.07) is 8.44. The highest BCUT2D eigenvalue weighted by Crippen LogP contribution is 2.26. The molecular weight excluding hydrogens is 401 g/mol. The lowest BCUT2D eigenvalue weighted by atomic mass is 10.00. The maximum Gasteiger partial charge on any atom is 0.273 e. The lowest BCUT2D eigenvalue weighted by Crippen LogP contribution is -2.46. The fraction of sp³-hybridized carbons (Fsp3) is 0.286. The van der Waals surface area contributed by atoms with Gasteiger partial charge in [0.1, 0.15) is 17.6 Å². The summed E-state index contributed by atoms with van der Waals surface area (Å²) in [7, 11) is 0. The molecule has 0 radical (unpaired) electrons. The van der Waals surface area contributed by atoms with Crippen LogP contribution in [-0.2, 0) is 13.0 Å². The Balaban J connectivity index is 1.10. The third-order valence-corrected chi connectivity index (χ3v) is 5.30. The van der Waals surface area contributed by atoms with Crippen LogP contribution in [0.25, 0.3) is 11.0 Å². The third-order valence-electron chi connectivity index (χ3n) is 5.30. The van der Waals surface area contributed by atoms with E-state index < -0.39 is 0 Å². The van der Waals surface area contributed by atoms with Gasteiger partial charge in [-0.05, 0) is 24.3 Å². The number of hydrogen-bond donors (Lipinski definition) is 2. The van der Waals surface area contributed by atoms with E-state index in [0.717, 1.165) is 25.5 Å². The topological polar surface area (TPSA) is 113 Å². The van der Waals surface area contributed by atoms with Gasteiger partial charge in [-0.25, -0.2) is 14.4 Å². The quantitative estimate of drug-likeness (QED) is 0.470. The van der Waals surface area contributed by atoms with Crippen LogP contribution >= 0.6 is 0 Å². The zero-order chi connectivity index (χ0) is 21.2. The molecule has 9 nitrogen and oxygen atoms in total. The molecule has 158 valence electrons. The van der Waals surface area contributed by atoms with Gasteiger partial charge in [-0.15, -0.1) is 0 Å². The first kappa shape index (κ1) is 19.3. The van der Waals surface area contributed by atoms with Crippen LogP contribution in [0.4, 0.5) is 4.39 Å². The maximum atomic E-state index is 13.8. The molecule has 3 aromatic heterocycles. The number of fused-ring (bicyclic) bond motifs is 1. The van der Waals surface area contributed by atoms with Crippen LogP contribution in [0.15, 0.2) is 47.2 Å². The number of halogens is 1. The Morgan fingerprint density at radius 3 is 2.97 bits per heavy atom. The van der Waals surface area contributed by atoms with Crippen molar-refractivity contribution < 1.29 is 13.6 Å². The van der Waals surface area contributed by atoms with Crippen molar-refractivity contribution in [2.45, 2.75) is 18.9 Å². The number of benzene rings is 1. The Hall–Kier alpha value is -3.66. The van der Waals surface area contributed by atoms with Crippen LogP contribution in [0, 0.1) is 5.82 Å². The fourth-order valence-corrected chi connectivity index (χ4v) is 3.61. The van der Waals surface area contributed by atoms with Gasteiger partial charge in [0.05, 0.1) is 23.7 Å². The van der Waals surface area contributed by atoms with Crippen LogP contribution in [0.5, 0.6) is 0 Å². The molecular formula is C21H20FN7O2. The van der Waals surface area contributed by atoms with E-state index in [1.807, 2.05) is 6.07 Å². The lowest BCUT2D eigenvalue weighted by molar-refractivity contribution is 0.0945. The summed E-state index contributed by atoms with van der Waals surface area (Å²) in [5, 5.41) is 10.5. The Morgan fingerprint density at radius 1 is 1.26 bits per heavy atom. The molecule has 1 aliphatic heterocycles. The van der Waals surface area contributed by atoms with Gasteiger partial charge < -0.3 is 19.6 Å². The summed E-state index contributed by atoms with van der Waals surface area (Å²) >= 11 is 0. The number of carbonyl (C=O) groups excluding carboxylic acids is 1. The van der Waals surface area contributed by atoms with Gasteiger partial charge in [0.2, 0.25) is 0 Å². The number of aromatic amines is 1. The van der Waals surface area contributed by atoms with Gasteiger partial charge in [0.25, 0.3) is 5.91 Å². The Kier molecular flexibility index (Phi) is 5.13. The number of carbonyl (C=O) groups is 1. The molecule has 1 aromatic carbocycles. The Labute approximate surface area is 176 Å². The average molecular weight is 421 g/mol. The van der Waals surface area contributed by atoms with E-state index in [1.54, 1.807) is 24.4 Å². The molecule has 10 heteroatoms. The first-order valence-electron chi connectivity index (χ1n) is 10.0. The van der Waals surface area contributed by atoms with Crippen molar-refractivity contribution in [3.8, 4) is 0 Å². The summed E-state index contributed by atoms with van der Waals surface area (Å²) in [4.78, 5) is 26.3. The van der Waals surface area contributed by atoms with Crippen molar-refractivity contribution in [3.05, 3.63) is 71.7 Å². The molecule has 0 unspecified atom stereocenters. The van der Waals surface area contributed by atoms with E-state index in [9.17, 15) is 9.18 Å². The number of oxazole rings is 1. The second-order valence-electron chi connectivity index (χ2n) is 7.49. The monoisotopic (exact) mass is 421 g/mol. The first-order chi connectivity index (χ1) is 15.2. The number of aromatic nitrogens is 5. The minimum Gasteiger partial charge on any atom is -0.448 e. The maximum absolute atomic E-state index is 13.8. The van der Waals surface area contributed by atoms with Crippen molar-refractivity contribution in [1.29, 1.82) is 0 Å². The van der Waals surface area contributed by atoms with E-state index in [-0.39, 0.29) is 29.9 Å². The normalized spacial score (nSPS) is 14.6. The highest BCUT2D eigenvalue weighted by atomic mass is 19.1. The number of amides is 1. The smallest absolute Gasteiger partial charge is 0.273 e. The molecule has 0 atom stereocenters. The van der Waals surface area contributed by atoms with Crippen molar-refractivity contribution in [2.75, 3.05) is 19.6 Å². The van der Waals surface area contributed by atoms with Crippen molar-refractivity contribution in [3.63, 3.8) is 0 Å². The Bertz CT molecular complexity index is 1200. The lowest BCUT2D eigenvalue weighted by Gasteiger charge is -2.37. The number of nitrogens with one attached hydrogen (secondary N) is 2. The average Bonchev–Trinajstić information content (AvgIpc) is 3.40. The van der Waals surface area contributed by atoms with Crippen LogP contribution < -0.4 is 5.32 Å². The molecule has 4 aromatic rings. The van der Waals surface area contributed by atoms with E-state index in [0.29, 0.717) is 29.0 Å². The van der Waals surface area contributed by atoms with Gasteiger partial charge in [-0.1, -0.05) is 6.07 Å². The number of likely N-dealkylation sites (tertiary alicyclic amines) is 1. The molecule has 0 saturated carbocycles. The number of H-pyrrole nitrogens is 1. The number of hydrogen-bond acceptors (Lipinski definition) is 7. The molecule has 1 aliphatic rings. The molecule has 2 N–H and O–H groups in total. The van der Waals surface area contributed by atoms with Crippen molar-refractivity contribution in [1.82, 2.24) is 35.4 Å². The molecule has 1 amide bonds. The predicted molar refractivity (Wildman–Crippen MR) is 109 cm³/mol. The van der Waals surface area contributed by atoms with E-state index in [4.69, 9.17) is 4.42 Å². The SMILES string of the molecule is O=C(NCc1cccnn1)c1coc(C2CN(CCc3nc4c(F)cccc4[nH]3)C2)n1. The Morgan fingerprint density at radius 2 is 2.16 bits per heavy atom. The van der Waals surface area contributed by atoms with Crippen LogP contribution in [-0.4, -0.2) is 55.6 Å². The molecule has 1 saturated heterocycles. The van der Waals surface area contributed by atoms with E-state index in [1.165, 1.54) is 12.3 Å². The number of rotatable bonds is 7. The summed E-state index contributed by atoms with van der Waals surface area (Å²) in [6.07, 6.45) is 3.66. The highest BCUT2D eigenvalue weighted by molar-refractivity contribution is 5.91. The first-order valence-corrected chi connectivity index (χ1v) is 10.0. The standard InChI is InChI=1S/C21H20FN7O2/c22-15-4-1-5-16-19(15)27-18(25-16)6-8-29-10-13(11-29)21-26-17(12-31-21)20(30)23-9-14-3-2-7-24-28-14/h1-5,7,12-13H,6,8-11H2,(H,23,30)(H,25,27). The van der Waals surface area contributed by atoms with Crippen LogP contribution in [0.1, 0.15) is 33.8 Å². The summed E-state index contributed by atoms with van der Waals surface area (Å²) in [5.74, 6) is 0.849. The van der Waals surface area contributed by atoms with Crippen LogP contribution in [0.3, 0.4) is 0 Å². The largest absolute Gasteiger partial charge is 0.448 e. The van der Waals surface area contributed by atoms with Gasteiger partial charge in [-0.2, -0.15) is 10.2 Å². The summed E-state index contributed by atoms with van der Waals surface area (Å²) < 4.78 is 19.3.